The van der Waals surface area contributed by atoms with Crippen LogP contribution in [0.25, 0.3) is 0 Å². The Morgan fingerprint density at radius 1 is 1.37 bits per heavy atom. The second-order valence-electron chi connectivity index (χ2n) is 4.19. The Morgan fingerprint density at radius 3 is 2.68 bits per heavy atom. The zero-order chi connectivity index (χ0) is 14.3. The van der Waals surface area contributed by atoms with Crippen LogP contribution >= 0.6 is 11.6 Å². The summed E-state index contributed by atoms with van der Waals surface area (Å²) in [5.74, 6) is 1.91. The number of methoxy groups -OCH3 is 2. The molecule has 1 N–H and O–H groups in total. The minimum Gasteiger partial charge on any atom is -0.497 e. The van der Waals surface area contributed by atoms with E-state index in [1.807, 2.05) is 19.1 Å². The molecular formula is C14H20ClNO3. The number of hydrogen-bond acceptors (Lipinski definition) is 3. The quantitative estimate of drug-likeness (QED) is 0.784. The maximum atomic E-state index is 11.7. The second kappa shape index (κ2) is 7.89. The van der Waals surface area contributed by atoms with Crippen LogP contribution in [-0.4, -0.2) is 26.0 Å². The lowest BCUT2D eigenvalue weighted by Crippen LogP contribution is -2.26. The molecule has 0 fully saturated rings. The van der Waals surface area contributed by atoms with Crippen LogP contribution in [0, 0.1) is 0 Å². The number of alkyl halides is 1. The molecular weight excluding hydrogens is 266 g/mol. The van der Waals surface area contributed by atoms with Gasteiger partial charge in [-0.1, -0.05) is 0 Å². The first-order valence-electron chi connectivity index (χ1n) is 6.19. The predicted molar refractivity (Wildman–Crippen MR) is 76.1 cm³/mol. The molecule has 1 rings (SSSR count). The third-order valence-electron chi connectivity index (χ3n) is 2.82. The molecule has 0 spiro atoms. The van der Waals surface area contributed by atoms with Gasteiger partial charge in [-0.2, -0.15) is 0 Å². The van der Waals surface area contributed by atoms with Gasteiger partial charge >= 0.3 is 0 Å². The minimum atomic E-state index is -0.122. The van der Waals surface area contributed by atoms with Gasteiger partial charge < -0.3 is 14.8 Å². The van der Waals surface area contributed by atoms with Gasteiger partial charge in [0.25, 0.3) is 0 Å². The van der Waals surface area contributed by atoms with Gasteiger partial charge in [0.05, 0.1) is 20.3 Å². The van der Waals surface area contributed by atoms with E-state index >= 15 is 0 Å². The van der Waals surface area contributed by atoms with E-state index in [0.29, 0.717) is 24.5 Å². The summed E-state index contributed by atoms with van der Waals surface area (Å²) in [5, 5.41) is 2.92. The van der Waals surface area contributed by atoms with Crippen molar-refractivity contribution in [3.05, 3.63) is 23.8 Å². The maximum Gasteiger partial charge on any atom is 0.220 e. The van der Waals surface area contributed by atoms with Crippen molar-refractivity contribution in [1.82, 2.24) is 5.32 Å². The SMILES string of the molecule is COc1ccc(C(C)NC(=O)CCCCl)c(OC)c1. The van der Waals surface area contributed by atoms with Crippen LogP contribution in [0.1, 0.15) is 31.4 Å². The summed E-state index contributed by atoms with van der Waals surface area (Å²) in [6.07, 6.45) is 1.12. The number of carbonyl (C=O) groups is 1. The Morgan fingerprint density at radius 2 is 2.11 bits per heavy atom. The van der Waals surface area contributed by atoms with Gasteiger partial charge in [-0.05, 0) is 25.5 Å². The topological polar surface area (TPSA) is 47.6 Å². The molecule has 0 saturated heterocycles. The largest absolute Gasteiger partial charge is 0.497 e. The van der Waals surface area contributed by atoms with Crippen LogP contribution in [0.2, 0.25) is 0 Å². The molecule has 1 amide bonds. The van der Waals surface area contributed by atoms with Crippen LogP contribution < -0.4 is 14.8 Å². The summed E-state index contributed by atoms with van der Waals surface area (Å²) in [6.45, 7) is 1.92. The average Bonchev–Trinajstić information content (AvgIpc) is 2.44. The van der Waals surface area contributed by atoms with E-state index in [4.69, 9.17) is 21.1 Å². The minimum absolute atomic E-state index is 0.00831. The first kappa shape index (κ1) is 15.6. The van der Waals surface area contributed by atoms with Crippen molar-refractivity contribution in [2.24, 2.45) is 0 Å². The van der Waals surface area contributed by atoms with Crippen molar-refractivity contribution in [1.29, 1.82) is 0 Å². The molecule has 5 heteroatoms. The van der Waals surface area contributed by atoms with E-state index < -0.39 is 0 Å². The summed E-state index contributed by atoms with van der Waals surface area (Å²) in [4.78, 5) is 11.7. The molecule has 4 nitrogen and oxygen atoms in total. The van der Waals surface area contributed by atoms with Crippen LogP contribution in [0.15, 0.2) is 18.2 Å². The highest BCUT2D eigenvalue weighted by molar-refractivity contribution is 6.17. The zero-order valence-electron chi connectivity index (χ0n) is 11.5. The standard InChI is InChI=1S/C14H20ClNO3/c1-10(16-14(17)5-4-8-15)12-7-6-11(18-2)9-13(12)19-3/h6-7,9-10H,4-5,8H2,1-3H3,(H,16,17). The Bertz CT molecular complexity index is 423. The Kier molecular flexibility index (Phi) is 6.50. The summed E-state index contributed by atoms with van der Waals surface area (Å²) >= 11 is 5.57. The highest BCUT2D eigenvalue weighted by Crippen LogP contribution is 2.29. The molecule has 1 aromatic carbocycles. The fraction of sp³-hybridized carbons (Fsp3) is 0.500. The van der Waals surface area contributed by atoms with E-state index in [2.05, 4.69) is 5.32 Å². The van der Waals surface area contributed by atoms with Gasteiger partial charge in [-0.25, -0.2) is 0 Å². The van der Waals surface area contributed by atoms with E-state index in [-0.39, 0.29) is 11.9 Å². The van der Waals surface area contributed by atoms with E-state index in [1.54, 1.807) is 20.3 Å². The molecule has 19 heavy (non-hydrogen) atoms. The van der Waals surface area contributed by atoms with E-state index in [1.165, 1.54) is 0 Å². The number of halogens is 1. The molecule has 0 aliphatic heterocycles. The number of amides is 1. The van der Waals surface area contributed by atoms with Gasteiger partial charge in [-0.3, -0.25) is 4.79 Å². The lowest BCUT2D eigenvalue weighted by Gasteiger charge is -2.18. The van der Waals surface area contributed by atoms with E-state index in [0.717, 1.165) is 11.3 Å². The Balaban J connectivity index is 2.75. The number of nitrogens with one attached hydrogen (secondary N) is 1. The summed E-state index contributed by atoms with van der Waals surface area (Å²) in [5.41, 5.74) is 0.919. The lowest BCUT2D eigenvalue weighted by atomic mass is 10.1. The zero-order valence-corrected chi connectivity index (χ0v) is 12.3. The molecule has 0 saturated carbocycles. The van der Waals surface area contributed by atoms with Crippen molar-refractivity contribution in [3.63, 3.8) is 0 Å². The van der Waals surface area contributed by atoms with Crippen LogP contribution in [0.4, 0.5) is 0 Å². The summed E-state index contributed by atoms with van der Waals surface area (Å²) in [7, 11) is 3.20. The molecule has 1 atom stereocenters. The molecule has 0 heterocycles. The Labute approximate surface area is 119 Å². The number of ether oxygens (including phenoxy) is 2. The Hall–Kier alpha value is -1.42. The average molecular weight is 286 g/mol. The highest BCUT2D eigenvalue weighted by atomic mass is 35.5. The van der Waals surface area contributed by atoms with Crippen molar-refractivity contribution >= 4 is 17.5 Å². The van der Waals surface area contributed by atoms with Crippen LogP contribution in [0.3, 0.4) is 0 Å². The highest BCUT2D eigenvalue weighted by Gasteiger charge is 2.14. The molecule has 0 aliphatic rings. The summed E-state index contributed by atoms with van der Waals surface area (Å²) in [6, 6.07) is 5.42. The second-order valence-corrected chi connectivity index (χ2v) is 4.57. The van der Waals surface area contributed by atoms with Crippen molar-refractivity contribution < 1.29 is 14.3 Å². The third-order valence-corrected chi connectivity index (χ3v) is 3.09. The smallest absolute Gasteiger partial charge is 0.220 e. The molecule has 0 aromatic heterocycles. The van der Waals surface area contributed by atoms with Gasteiger partial charge in [0.15, 0.2) is 0 Å². The number of carbonyl (C=O) groups excluding carboxylic acids is 1. The van der Waals surface area contributed by atoms with Crippen molar-refractivity contribution in [2.75, 3.05) is 20.1 Å². The molecule has 0 radical (unpaired) electrons. The monoisotopic (exact) mass is 285 g/mol. The fourth-order valence-corrected chi connectivity index (χ4v) is 1.93. The molecule has 0 aliphatic carbocycles. The number of benzene rings is 1. The van der Waals surface area contributed by atoms with Crippen LogP contribution in [-0.2, 0) is 4.79 Å². The van der Waals surface area contributed by atoms with E-state index in [9.17, 15) is 4.79 Å². The molecule has 106 valence electrons. The van der Waals surface area contributed by atoms with Crippen molar-refractivity contribution in [3.8, 4) is 11.5 Å². The first-order valence-corrected chi connectivity index (χ1v) is 6.73. The molecule has 1 unspecified atom stereocenters. The normalized spacial score (nSPS) is 11.8. The van der Waals surface area contributed by atoms with Crippen LogP contribution in [0.5, 0.6) is 11.5 Å². The molecule has 1 aromatic rings. The lowest BCUT2D eigenvalue weighted by molar-refractivity contribution is -0.121. The van der Waals surface area contributed by atoms with Crippen molar-refractivity contribution in [2.45, 2.75) is 25.8 Å². The van der Waals surface area contributed by atoms with Gasteiger partial charge in [0, 0.05) is 23.9 Å². The third kappa shape index (κ3) is 4.63. The predicted octanol–water partition coefficient (Wildman–Crippen LogP) is 2.90. The first-order chi connectivity index (χ1) is 9.12. The van der Waals surface area contributed by atoms with Gasteiger partial charge in [-0.15, -0.1) is 11.6 Å². The number of rotatable bonds is 7. The van der Waals surface area contributed by atoms with Gasteiger partial charge in [0.2, 0.25) is 5.91 Å². The number of hydrogen-bond donors (Lipinski definition) is 1. The van der Waals surface area contributed by atoms with Gasteiger partial charge in [0.1, 0.15) is 11.5 Å². The summed E-state index contributed by atoms with van der Waals surface area (Å²) < 4.78 is 10.5. The maximum absolute atomic E-state index is 11.7. The molecule has 0 bridgehead atoms. The fourth-order valence-electron chi connectivity index (χ4n) is 1.79.